The molecule has 2 aliphatic rings. The van der Waals surface area contributed by atoms with E-state index < -0.39 is 0 Å². The molecule has 2 heterocycles. The molecule has 0 saturated heterocycles. The molecule has 0 bridgehead atoms. The maximum Gasteiger partial charge on any atom is 0.151 e. The van der Waals surface area contributed by atoms with Crippen molar-refractivity contribution in [2.75, 3.05) is 14.2 Å². The third-order valence-corrected chi connectivity index (χ3v) is 6.51. The fourth-order valence-electron chi connectivity index (χ4n) is 4.75. The number of benzene rings is 2. The Morgan fingerprint density at radius 3 is 2.58 bits per heavy atom. The summed E-state index contributed by atoms with van der Waals surface area (Å²) in [7, 11) is 3.78. The molecular weight excluding hydrogens is 412 g/mol. The molecule has 0 amide bonds. The molecule has 2 aromatic carbocycles. The lowest BCUT2D eigenvalue weighted by Crippen LogP contribution is -2.25. The molecule has 1 fully saturated rings. The second-order valence-electron chi connectivity index (χ2n) is 8.53. The van der Waals surface area contributed by atoms with Crippen LogP contribution in [-0.2, 0) is 13.1 Å². The minimum atomic E-state index is 0.215. The molecular formula is C24H27ClN4O2. The van der Waals surface area contributed by atoms with Crippen LogP contribution in [0.2, 0.25) is 5.02 Å². The summed E-state index contributed by atoms with van der Waals surface area (Å²) in [5.74, 6) is 4.12. The molecule has 1 aliphatic heterocycles. The third kappa shape index (κ3) is 4.14. The molecule has 6 nitrogen and oxygen atoms in total. The number of nitrogens with zero attached hydrogens (tertiary/aromatic N) is 4. The Morgan fingerprint density at radius 2 is 1.77 bits per heavy atom. The normalized spacial score (nSPS) is 21.1. The first-order valence-electron chi connectivity index (χ1n) is 10.8. The van der Waals surface area contributed by atoms with Gasteiger partial charge in [0.15, 0.2) is 5.82 Å². The number of methoxy groups -OCH3 is 1. The van der Waals surface area contributed by atoms with Crippen molar-refractivity contribution in [3.05, 3.63) is 64.7 Å². The number of hydrogen-bond donors (Lipinski definition) is 0. The second kappa shape index (κ2) is 8.52. The van der Waals surface area contributed by atoms with Gasteiger partial charge in [-0.15, -0.1) is 10.2 Å². The van der Waals surface area contributed by atoms with E-state index in [0.717, 1.165) is 72.6 Å². The van der Waals surface area contributed by atoms with Crippen molar-refractivity contribution in [3.8, 4) is 17.2 Å². The maximum absolute atomic E-state index is 6.29. The van der Waals surface area contributed by atoms with Gasteiger partial charge in [-0.2, -0.15) is 0 Å². The zero-order chi connectivity index (χ0) is 21.4. The van der Waals surface area contributed by atoms with E-state index >= 15 is 0 Å². The molecule has 0 unspecified atom stereocenters. The average Bonchev–Trinajstić information content (AvgIpc) is 3.11. The van der Waals surface area contributed by atoms with Crippen molar-refractivity contribution in [1.82, 2.24) is 19.7 Å². The highest BCUT2D eigenvalue weighted by Crippen LogP contribution is 2.37. The van der Waals surface area contributed by atoms with Crippen molar-refractivity contribution < 1.29 is 9.47 Å². The van der Waals surface area contributed by atoms with E-state index in [0.29, 0.717) is 5.92 Å². The highest BCUT2D eigenvalue weighted by Gasteiger charge is 2.30. The second-order valence-corrected chi connectivity index (χ2v) is 8.96. The molecule has 1 aromatic heterocycles. The average molecular weight is 439 g/mol. The highest BCUT2D eigenvalue weighted by molar-refractivity contribution is 6.30. The number of fused-ring (bicyclic) bond motifs is 3. The zero-order valence-electron chi connectivity index (χ0n) is 17.9. The van der Waals surface area contributed by atoms with Gasteiger partial charge >= 0.3 is 0 Å². The van der Waals surface area contributed by atoms with Gasteiger partial charge in [0.05, 0.1) is 25.4 Å². The Kier molecular flexibility index (Phi) is 5.59. The summed E-state index contributed by atoms with van der Waals surface area (Å²) in [4.78, 5) is 2.26. The van der Waals surface area contributed by atoms with Crippen LogP contribution in [-0.4, -0.2) is 39.9 Å². The van der Waals surface area contributed by atoms with E-state index in [1.807, 2.05) is 30.3 Å². The Labute approximate surface area is 187 Å². The zero-order valence-corrected chi connectivity index (χ0v) is 18.7. The number of rotatable bonds is 4. The summed E-state index contributed by atoms with van der Waals surface area (Å²) in [6.07, 6.45) is 4.28. The van der Waals surface area contributed by atoms with Crippen LogP contribution >= 0.6 is 11.6 Å². The van der Waals surface area contributed by atoms with Crippen molar-refractivity contribution >= 4 is 11.6 Å². The van der Waals surface area contributed by atoms with Crippen LogP contribution in [0.4, 0.5) is 0 Å². The molecule has 162 valence electrons. The monoisotopic (exact) mass is 438 g/mol. The van der Waals surface area contributed by atoms with Crippen LogP contribution in [0.25, 0.3) is 5.69 Å². The summed E-state index contributed by atoms with van der Waals surface area (Å²) < 4.78 is 13.8. The lowest BCUT2D eigenvalue weighted by Gasteiger charge is -2.29. The standard InChI is InChI=1S/C24H27ClN4O2/c1-28-14-17-12-18(25)8-11-22(17)29-23(15-28)26-27-24(29)16-6-9-19(10-7-16)31-21-5-3-4-20(13-21)30-2/h3-5,8,11-13,16,19H,6-7,9-10,14-15H2,1-2H3/t16-,19-. The SMILES string of the molecule is COc1cccc(O[C@H]2CC[C@H](c3nnc4n3-c3ccc(Cl)cc3CN(C)C4)CC2)c1. The number of ether oxygens (including phenoxy) is 2. The smallest absolute Gasteiger partial charge is 0.151 e. The Hall–Kier alpha value is -2.57. The molecule has 5 rings (SSSR count). The van der Waals surface area contributed by atoms with Crippen LogP contribution in [0.15, 0.2) is 42.5 Å². The summed E-state index contributed by atoms with van der Waals surface area (Å²) in [5, 5.41) is 9.97. The quantitative estimate of drug-likeness (QED) is 0.575. The molecule has 0 N–H and O–H groups in total. The van der Waals surface area contributed by atoms with Gasteiger partial charge in [-0.1, -0.05) is 17.7 Å². The predicted octanol–water partition coefficient (Wildman–Crippen LogP) is 4.98. The van der Waals surface area contributed by atoms with Gasteiger partial charge in [0, 0.05) is 23.6 Å². The van der Waals surface area contributed by atoms with Crippen LogP contribution < -0.4 is 9.47 Å². The van der Waals surface area contributed by atoms with Gasteiger partial charge < -0.3 is 9.47 Å². The topological polar surface area (TPSA) is 52.4 Å². The van der Waals surface area contributed by atoms with E-state index in [-0.39, 0.29) is 6.10 Å². The Morgan fingerprint density at radius 1 is 0.968 bits per heavy atom. The summed E-state index contributed by atoms with van der Waals surface area (Å²) in [5.41, 5.74) is 2.36. The summed E-state index contributed by atoms with van der Waals surface area (Å²) in [6, 6.07) is 14.0. The van der Waals surface area contributed by atoms with E-state index in [2.05, 4.69) is 38.8 Å². The van der Waals surface area contributed by atoms with Crippen molar-refractivity contribution in [1.29, 1.82) is 0 Å². The largest absolute Gasteiger partial charge is 0.497 e. The van der Waals surface area contributed by atoms with Crippen molar-refractivity contribution in [3.63, 3.8) is 0 Å². The minimum absolute atomic E-state index is 0.215. The van der Waals surface area contributed by atoms with Crippen LogP contribution in [0.3, 0.4) is 0 Å². The lowest BCUT2D eigenvalue weighted by molar-refractivity contribution is 0.144. The molecule has 7 heteroatoms. The van der Waals surface area contributed by atoms with Gasteiger partial charge in [0.2, 0.25) is 0 Å². The summed E-state index contributed by atoms with van der Waals surface area (Å²) in [6.45, 7) is 1.62. The molecule has 0 spiro atoms. The van der Waals surface area contributed by atoms with Crippen molar-refractivity contribution in [2.24, 2.45) is 0 Å². The molecule has 31 heavy (non-hydrogen) atoms. The third-order valence-electron chi connectivity index (χ3n) is 6.27. The summed E-state index contributed by atoms with van der Waals surface area (Å²) >= 11 is 6.29. The van der Waals surface area contributed by atoms with Gasteiger partial charge in [-0.25, -0.2) is 0 Å². The van der Waals surface area contributed by atoms with E-state index in [1.165, 1.54) is 5.56 Å². The van der Waals surface area contributed by atoms with E-state index in [4.69, 9.17) is 21.1 Å². The lowest BCUT2D eigenvalue weighted by atomic mass is 9.86. The fourth-order valence-corrected chi connectivity index (χ4v) is 4.95. The van der Waals surface area contributed by atoms with Gasteiger partial charge in [-0.05, 0) is 68.6 Å². The van der Waals surface area contributed by atoms with Crippen LogP contribution in [0.1, 0.15) is 48.8 Å². The fraction of sp³-hybridized carbons (Fsp3) is 0.417. The Balaban J connectivity index is 1.35. The van der Waals surface area contributed by atoms with Crippen LogP contribution in [0.5, 0.6) is 11.5 Å². The first-order chi connectivity index (χ1) is 15.1. The highest BCUT2D eigenvalue weighted by atomic mass is 35.5. The molecule has 1 aliphatic carbocycles. The predicted molar refractivity (Wildman–Crippen MR) is 120 cm³/mol. The van der Waals surface area contributed by atoms with Crippen molar-refractivity contribution in [2.45, 2.75) is 50.8 Å². The maximum atomic E-state index is 6.29. The van der Waals surface area contributed by atoms with Gasteiger partial charge in [-0.3, -0.25) is 9.47 Å². The molecule has 1 saturated carbocycles. The van der Waals surface area contributed by atoms with Crippen LogP contribution in [0, 0.1) is 0 Å². The van der Waals surface area contributed by atoms with E-state index in [9.17, 15) is 0 Å². The minimum Gasteiger partial charge on any atom is -0.497 e. The molecule has 0 radical (unpaired) electrons. The van der Waals surface area contributed by atoms with Gasteiger partial charge in [0.1, 0.15) is 17.3 Å². The van der Waals surface area contributed by atoms with Gasteiger partial charge in [0.25, 0.3) is 0 Å². The first-order valence-corrected chi connectivity index (χ1v) is 11.2. The first kappa shape index (κ1) is 20.3. The Bertz CT molecular complexity index is 1080. The van der Waals surface area contributed by atoms with E-state index in [1.54, 1.807) is 7.11 Å². The molecule has 3 aromatic rings. The number of aromatic nitrogens is 3. The number of halogens is 1. The molecule has 0 atom stereocenters. The number of hydrogen-bond acceptors (Lipinski definition) is 5.